The van der Waals surface area contributed by atoms with Gasteiger partial charge in [0.15, 0.2) is 0 Å². The fourth-order valence-electron chi connectivity index (χ4n) is 0.968. The van der Waals surface area contributed by atoms with E-state index in [1.54, 1.807) is 0 Å². The maximum absolute atomic E-state index is 10.3. The first-order valence-corrected chi connectivity index (χ1v) is 5.23. The van der Waals surface area contributed by atoms with Gasteiger partial charge in [-0.1, -0.05) is 0 Å². The Kier molecular flexibility index (Phi) is 7.29. The molecule has 0 unspecified atom stereocenters. The van der Waals surface area contributed by atoms with Gasteiger partial charge >= 0.3 is 0 Å². The highest BCUT2D eigenvalue weighted by Crippen LogP contribution is 1.96. The van der Waals surface area contributed by atoms with Gasteiger partial charge in [0.05, 0.1) is 6.61 Å². The van der Waals surface area contributed by atoms with E-state index in [1.165, 1.54) is 0 Å². The molecule has 0 spiro atoms. The second-order valence-electron chi connectivity index (χ2n) is 4.45. The summed E-state index contributed by atoms with van der Waals surface area (Å²) < 4.78 is 4.99. The first-order chi connectivity index (χ1) is 6.92. The number of primary amides is 1. The molecule has 90 valence electrons. The van der Waals surface area contributed by atoms with E-state index in [-0.39, 0.29) is 12.1 Å². The van der Waals surface area contributed by atoms with Crippen molar-refractivity contribution >= 4 is 5.91 Å². The van der Waals surface area contributed by atoms with E-state index in [0.29, 0.717) is 6.61 Å². The van der Waals surface area contributed by atoms with Gasteiger partial charge in [-0.15, -0.1) is 0 Å². The van der Waals surface area contributed by atoms with Crippen molar-refractivity contribution in [3.63, 3.8) is 0 Å². The van der Waals surface area contributed by atoms with Crippen molar-refractivity contribution in [3.8, 4) is 0 Å². The van der Waals surface area contributed by atoms with Crippen molar-refractivity contribution in [3.05, 3.63) is 0 Å². The van der Waals surface area contributed by atoms with Crippen molar-refractivity contribution in [1.29, 1.82) is 0 Å². The van der Waals surface area contributed by atoms with Crippen LogP contribution in [0.3, 0.4) is 0 Å². The SMILES string of the molecule is CC(C)(C)NCCNCCOCC(N)=O. The van der Waals surface area contributed by atoms with Crippen LogP contribution in [0, 0.1) is 0 Å². The van der Waals surface area contributed by atoms with Crippen molar-refractivity contribution in [2.45, 2.75) is 26.3 Å². The summed E-state index contributed by atoms with van der Waals surface area (Å²) in [5, 5.41) is 6.55. The lowest BCUT2D eigenvalue weighted by Gasteiger charge is -2.20. The summed E-state index contributed by atoms with van der Waals surface area (Å²) >= 11 is 0. The molecule has 0 rings (SSSR count). The summed E-state index contributed by atoms with van der Waals surface area (Å²) in [7, 11) is 0. The molecule has 0 aliphatic heterocycles. The third-order valence-electron chi connectivity index (χ3n) is 1.62. The van der Waals surface area contributed by atoms with Gasteiger partial charge in [0.1, 0.15) is 6.61 Å². The van der Waals surface area contributed by atoms with Gasteiger partial charge < -0.3 is 21.1 Å². The average Bonchev–Trinajstić information content (AvgIpc) is 2.07. The second kappa shape index (κ2) is 7.62. The number of amides is 1. The number of carbonyl (C=O) groups is 1. The van der Waals surface area contributed by atoms with Crippen LogP contribution >= 0.6 is 0 Å². The lowest BCUT2D eigenvalue weighted by Crippen LogP contribution is -2.40. The Morgan fingerprint density at radius 2 is 1.93 bits per heavy atom. The zero-order chi connectivity index (χ0) is 11.7. The molecule has 0 aromatic carbocycles. The Morgan fingerprint density at radius 1 is 1.27 bits per heavy atom. The molecule has 0 aromatic heterocycles. The molecule has 1 amide bonds. The van der Waals surface area contributed by atoms with Crippen molar-refractivity contribution in [2.75, 3.05) is 32.8 Å². The van der Waals surface area contributed by atoms with E-state index < -0.39 is 5.91 Å². The molecular weight excluding hydrogens is 194 g/mol. The maximum atomic E-state index is 10.3. The summed E-state index contributed by atoms with van der Waals surface area (Å²) in [6.45, 7) is 9.44. The summed E-state index contributed by atoms with van der Waals surface area (Å²) in [4.78, 5) is 10.3. The van der Waals surface area contributed by atoms with E-state index >= 15 is 0 Å². The molecular formula is C10H23N3O2. The third-order valence-corrected chi connectivity index (χ3v) is 1.62. The first-order valence-electron chi connectivity index (χ1n) is 5.23. The number of nitrogens with two attached hydrogens (primary N) is 1. The Labute approximate surface area is 91.7 Å². The Bertz CT molecular complexity index is 178. The van der Waals surface area contributed by atoms with E-state index in [2.05, 4.69) is 31.4 Å². The highest BCUT2D eigenvalue weighted by molar-refractivity contribution is 5.74. The standard InChI is InChI=1S/C10H23N3O2/c1-10(2,3)13-5-4-12-6-7-15-8-9(11)14/h12-13H,4-8H2,1-3H3,(H2,11,14). The van der Waals surface area contributed by atoms with Crippen molar-refractivity contribution in [2.24, 2.45) is 5.73 Å². The molecule has 0 radical (unpaired) electrons. The third kappa shape index (κ3) is 13.3. The largest absolute Gasteiger partial charge is 0.370 e. The topological polar surface area (TPSA) is 76.4 Å². The molecule has 0 bridgehead atoms. The molecule has 0 saturated carbocycles. The number of rotatable bonds is 8. The van der Waals surface area contributed by atoms with Crippen LogP contribution in [-0.4, -0.2) is 44.3 Å². The van der Waals surface area contributed by atoms with E-state index in [1.807, 2.05) is 0 Å². The van der Waals surface area contributed by atoms with Crippen molar-refractivity contribution in [1.82, 2.24) is 10.6 Å². The number of hydrogen-bond acceptors (Lipinski definition) is 4. The number of hydrogen-bond donors (Lipinski definition) is 3. The van der Waals surface area contributed by atoms with E-state index in [9.17, 15) is 4.79 Å². The molecule has 4 N–H and O–H groups in total. The van der Waals surface area contributed by atoms with Crippen LogP contribution < -0.4 is 16.4 Å². The van der Waals surface area contributed by atoms with Gasteiger partial charge in [-0.25, -0.2) is 0 Å². The van der Waals surface area contributed by atoms with Gasteiger partial charge in [-0.3, -0.25) is 4.79 Å². The molecule has 0 heterocycles. The molecule has 0 atom stereocenters. The molecule has 5 nitrogen and oxygen atoms in total. The Morgan fingerprint density at radius 3 is 2.47 bits per heavy atom. The minimum absolute atomic E-state index is 0.00191. The fraction of sp³-hybridized carbons (Fsp3) is 0.900. The monoisotopic (exact) mass is 217 g/mol. The smallest absolute Gasteiger partial charge is 0.243 e. The Hall–Kier alpha value is -0.650. The highest BCUT2D eigenvalue weighted by atomic mass is 16.5. The fourth-order valence-corrected chi connectivity index (χ4v) is 0.968. The van der Waals surface area contributed by atoms with Crippen LogP contribution in [0.25, 0.3) is 0 Å². The lowest BCUT2D eigenvalue weighted by molar-refractivity contribution is -0.122. The van der Waals surface area contributed by atoms with Gasteiger partial charge in [0.2, 0.25) is 5.91 Å². The van der Waals surface area contributed by atoms with Crippen LogP contribution in [0.1, 0.15) is 20.8 Å². The number of ether oxygens (including phenoxy) is 1. The van der Waals surface area contributed by atoms with Crippen LogP contribution in [0.5, 0.6) is 0 Å². The van der Waals surface area contributed by atoms with Crippen LogP contribution in [0.4, 0.5) is 0 Å². The minimum Gasteiger partial charge on any atom is -0.370 e. The summed E-state index contributed by atoms with van der Waals surface area (Å²) in [6, 6.07) is 0. The summed E-state index contributed by atoms with van der Waals surface area (Å²) in [5.74, 6) is -0.426. The van der Waals surface area contributed by atoms with Gasteiger partial charge in [-0.2, -0.15) is 0 Å². The molecule has 0 aromatic rings. The first kappa shape index (κ1) is 14.3. The number of carbonyl (C=O) groups excluding carboxylic acids is 1. The number of nitrogens with one attached hydrogen (secondary N) is 2. The van der Waals surface area contributed by atoms with Crippen LogP contribution in [0.15, 0.2) is 0 Å². The highest BCUT2D eigenvalue weighted by Gasteiger charge is 2.06. The van der Waals surface area contributed by atoms with Gasteiger partial charge in [0.25, 0.3) is 0 Å². The zero-order valence-corrected chi connectivity index (χ0v) is 9.93. The normalized spacial score (nSPS) is 11.7. The van der Waals surface area contributed by atoms with Gasteiger partial charge in [0, 0.05) is 25.2 Å². The molecule has 15 heavy (non-hydrogen) atoms. The van der Waals surface area contributed by atoms with Gasteiger partial charge in [-0.05, 0) is 20.8 Å². The quantitative estimate of drug-likeness (QED) is 0.478. The lowest BCUT2D eigenvalue weighted by atomic mass is 10.1. The molecule has 0 aliphatic carbocycles. The van der Waals surface area contributed by atoms with E-state index in [0.717, 1.165) is 19.6 Å². The average molecular weight is 217 g/mol. The predicted molar refractivity (Wildman–Crippen MR) is 60.6 cm³/mol. The second-order valence-corrected chi connectivity index (χ2v) is 4.45. The molecule has 5 heteroatoms. The minimum atomic E-state index is -0.426. The molecule has 0 aliphatic rings. The zero-order valence-electron chi connectivity index (χ0n) is 9.93. The van der Waals surface area contributed by atoms with Crippen LogP contribution in [0.2, 0.25) is 0 Å². The molecule has 0 saturated heterocycles. The molecule has 0 fully saturated rings. The van der Waals surface area contributed by atoms with Crippen molar-refractivity contribution < 1.29 is 9.53 Å². The summed E-state index contributed by atoms with van der Waals surface area (Å²) in [6.07, 6.45) is 0. The summed E-state index contributed by atoms with van der Waals surface area (Å²) in [5.41, 5.74) is 5.07. The van der Waals surface area contributed by atoms with Crippen LogP contribution in [-0.2, 0) is 9.53 Å². The predicted octanol–water partition coefficient (Wildman–Crippen LogP) is -0.534. The maximum Gasteiger partial charge on any atom is 0.243 e. The van der Waals surface area contributed by atoms with E-state index in [4.69, 9.17) is 10.5 Å². The Balaban J connectivity index is 3.09.